The van der Waals surface area contributed by atoms with Crippen LogP contribution in [0.3, 0.4) is 0 Å². The first-order valence-electron chi connectivity index (χ1n) is 6.38. The Kier molecular flexibility index (Phi) is 6.01. The molecule has 0 amide bonds. The topological polar surface area (TPSA) is 12.0 Å². The fourth-order valence-electron chi connectivity index (χ4n) is 1.95. The molecule has 1 N–H and O–H groups in total. The van der Waals surface area contributed by atoms with Crippen molar-refractivity contribution in [3.8, 4) is 0 Å². The molecule has 0 bridgehead atoms. The SMILES string of the molecule is Cc1ccc(CNC(CCl)CC(C)C)cc1C. The molecule has 1 aromatic rings. The summed E-state index contributed by atoms with van der Waals surface area (Å²) in [5.41, 5.74) is 4.05. The van der Waals surface area contributed by atoms with E-state index in [0.29, 0.717) is 17.8 Å². The van der Waals surface area contributed by atoms with Crippen LogP contribution in [0.2, 0.25) is 0 Å². The molecule has 0 aromatic heterocycles. The number of benzene rings is 1. The van der Waals surface area contributed by atoms with Crippen molar-refractivity contribution in [2.24, 2.45) is 5.92 Å². The summed E-state index contributed by atoms with van der Waals surface area (Å²) < 4.78 is 0. The molecule has 1 unspecified atom stereocenters. The molecule has 0 saturated heterocycles. The normalized spacial score (nSPS) is 13.1. The number of hydrogen-bond donors (Lipinski definition) is 1. The van der Waals surface area contributed by atoms with Crippen molar-refractivity contribution in [3.63, 3.8) is 0 Å². The summed E-state index contributed by atoms with van der Waals surface area (Å²) in [5, 5.41) is 3.53. The highest BCUT2D eigenvalue weighted by molar-refractivity contribution is 6.18. The summed E-state index contributed by atoms with van der Waals surface area (Å²) in [6, 6.07) is 7.04. The number of alkyl halides is 1. The number of rotatable bonds is 6. The maximum atomic E-state index is 5.97. The van der Waals surface area contributed by atoms with Crippen molar-refractivity contribution >= 4 is 11.6 Å². The Bertz CT molecular complexity index is 347. The van der Waals surface area contributed by atoms with E-state index >= 15 is 0 Å². The van der Waals surface area contributed by atoms with Gasteiger partial charge in [-0.2, -0.15) is 0 Å². The summed E-state index contributed by atoms with van der Waals surface area (Å²) in [4.78, 5) is 0. The first kappa shape index (κ1) is 14.5. The summed E-state index contributed by atoms with van der Waals surface area (Å²) in [6.07, 6.45) is 1.13. The number of hydrogen-bond acceptors (Lipinski definition) is 1. The lowest BCUT2D eigenvalue weighted by Gasteiger charge is -2.18. The van der Waals surface area contributed by atoms with E-state index in [9.17, 15) is 0 Å². The third-order valence-electron chi connectivity index (χ3n) is 3.11. The first-order chi connectivity index (χ1) is 8.02. The van der Waals surface area contributed by atoms with Gasteiger partial charge in [0.2, 0.25) is 0 Å². The molecule has 0 heterocycles. The van der Waals surface area contributed by atoms with Crippen molar-refractivity contribution in [1.82, 2.24) is 5.32 Å². The predicted molar refractivity (Wildman–Crippen MR) is 76.7 cm³/mol. The molecule has 1 atom stereocenters. The highest BCUT2D eigenvalue weighted by Crippen LogP contribution is 2.11. The number of nitrogens with one attached hydrogen (secondary N) is 1. The average Bonchev–Trinajstić information content (AvgIpc) is 2.28. The average molecular weight is 254 g/mol. The molecule has 0 saturated carbocycles. The van der Waals surface area contributed by atoms with Gasteiger partial charge in [0.15, 0.2) is 0 Å². The van der Waals surface area contributed by atoms with Crippen LogP contribution in [0.4, 0.5) is 0 Å². The second-order valence-corrected chi connectivity index (χ2v) is 5.59. The molecule has 1 aromatic carbocycles. The Hall–Kier alpha value is -0.530. The zero-order valence-electron chi connectivity index (χ0n) is 11.4. The molecule has 96 valence electrons. The lowest BCUT2D eigenvalue weighted by Crippen LogP contribution is -2.31. The Morgan fingerprint density at radius 2 is 1.88 bits per heavy atom. The molecule has 0 radical (unpaired) electrons. The van der Waals surface area contributed by atoms with Gasteiger partial charge in [-0.1, -0.05) is 32.0 Å². The van der Waals surface area contributed by atoms with E-state index in [2.05, 4.69) is 51.2 Å². The minimum Gasteiger partial charge on any atom is -0.309 e. The van der Waals surface area contributed by atoms with Gasteiger partial charge in [0.1, 0.15) is 0 Å². The van der Waals surface area contributed by atoms with Crippen molar-refractivity contribution in [1.29, 1.82) is 0 Å². The molecule has 1 rings (SSSR count). The summed E-state index contributed by atoms with van der Waals surface area (Å²) in [7, 11) is 0. The smallest absolute Gasteiger partial charge is 0.0377 e. The Morgan fingerprint density at radius 1 is 1.18 bits per heavy atom. The van der Waals surface area contributed by atoms with E-state index in [4.69, 9.17) is 11.6 Å². The molecule has 0 aliphatic rings. The zero-order chi connectivity index (χ0) is 12.8. The van der Waals surface area contributed by atoms with Gasteiger partial charge < -0.3 is 5.32 Å². The molecule has 0 aliphatic carbocycles. The lowest BCUT2D eigenvalue weighted by molar-refractivity contribution is 0.445. The van der Waals surface area contributed by atoms with Crippen molar-refractivity contribution in [2.45, 2.75) is 46.7 Å². The van der Waals surface area contributed by atoms with Gasteiger partial charge in [-0.25, -0.2) is 0 Å². The fraction of sp³-hybridized carbons (Fsp3) is 0.600. The van der Waals surface area contributed by atoms with Crippen LogP contribution >= 0.6 is 11.6 Å². The summed E-state index contributed by atoms with van der Waals surface area (Å²) in [5.74, 6) is 1.37. The lowest BCUT2D eigenvalue weighted by atomic mass is 10.0. The van der Waals surface area contributed by atoms with Crippen LogP contribution in [0.1, 0.15) is 37.0 Å². The number of halogens is 1. The quantitative estimate of drug-likeness (QED) is 0.755. The maximum absolute atomic E-state index is 5.97. The van der Waals surface area contributed by atoms with E-state index in [0.717, 1.165) is 13.0 Å². The van der Waals surface area contributed by atoms with Crippen molar-refractivity contribution < 1.29 is 0 Å². The second kappa shape index (κ2) is 7.03. The van der Waals surface area contributed by atoms with Crippen LogP contribution in [0.5, 0.6) is 0 Å². The molecular formula is C15H24ClN. The first-order valence-corrected chi connectivity index (χ1v) is 6.92. The maximum Gasteiger partial charge on any atom is 0.0377 e. The molecule has 1 nitrogen and oxygen atoms in total. The molecule has 17 heavy (non-hydrogen) atoms. The summed E-state index contributed by atoms with van der Waals surface area (Å²) >= 11 is 5.97. The second-order valence-electron chi connectivity index (χ2n) is 5.28. The van der Waals surface area contributed by atoms with Gasteiger partial charge in [-0.15, -0.1) is 11.6 Å². The summed E-state index contributed by atoms with van der Waals surface area (Å²) in [6.45, 7) is 9.68. The van der Waals surface area contributed by atoms with Gasteiger partial charge >= 0.3 is 0 Å². The Labute approximate surface area is 111 Å². The molecular weight excluding hydrogens is 230 g/mol. The van der Waals surface area contributed by atoms with Gasteiger partial charge in [0.25, 0.3) is 0 Å². The van der Waals surface area contributed by atoms with Gasteiger partial charge in [0.05, 0.1) is 0 Å². The van der Waals surface area contributed by atoms with E-state index in [1.165, 1.54) is 16.7 Å². The van der Waals surface area contributed by atoms with Crippen LogP contribution in [0, 0.1) is 19.8 Å². The highest BCUT2D eigenvalue weighted by Gasteiger charge is 2.09. The minimum atomic E-state index is 0.415. The van der Waals surface area contributed by atoms with E-state index in [1.807, 2.05) is 0 Å². The fourth-order valence-corrected chi connectivity index (χ4v) is 2.18. The highest BCUT2D eigenvalue weighted by atomic mass is 35.5. The molecule has 0 spiro atoms. The third-order valence-corrected chi connectivity index (χ3v) is 3.48. The molecule has 0 aliphatic heterocycles. The van der Waals surface area contributed by atoms with Crippen LogP contribution < -0.4 is 5.32 Å². The van der Waals surface area contributed by atoms with Crippen LogP contribution in [-0.4, -0.2) is 11.9 Å². The zero-order valence-corrected chi connectivity index (χ0v) is 12.1. The molecule has 2 heteroatoms. The largest absolute Gasteiger partial charge is 0.309 e. The third kappa shape index (κ3) is 5.10. The van der Waals surface area contributed by atoms with E-state index in [1.54, 1.807) is 0 Å². The molecule has 0 fully saturated rings. The minimum absolute atomic E-state index is 0.415. The van der Waals surface area contributed by atoms with Crippen molar-refractivity contribution in [3.05, 3.63) is 34.9 Å². The number of aryl methyl sites for hydroxylation is 2. The predicted octanol–water partition coefficient (Wildman–Crippen LogP) is 4.05. The Balaban J connectivity index is 2.50. The van der Waals surface area contributed by atoms with Gasteiger partial charge in [-0.3, -0.25) is 0 Å². The van der Waals surface area contributed by atoms with Crippen LogP contribution in [0.15, 0.2) is 18.2 Å². The Morgan fingerprint density at radius 3 is 2.41 bits per heavy atom. The van der Waals surface area contributed by atoms with E-state index < -0.39 is 0 Å². The van der Waals surface area contributed by atoms with Crippen LogP contribution in [0.25, 0.3) is 0 Å². The van der Waals surface area contributed by atoms with Crippen LogP contribution in [-0.2, 0) is 6.54 Å². The van der Waals surface area contributed by atoms with E-state index in [-0.39, 0.29) is 0 Å². The van der Waals surface area contributed by atoms with Gasteiger partial charge in [-0.05, 0) is 42.9 Å². The monoisotopic (exact) mass is 253 g/mol. The van der Waals surface area contributed by atoms with Crippen molar-refractivity contribution in [2.75, 3.05) is 5.88 Å². The standard InChI is InChI=1S/C15H24ClN/c1-11(2)7-15(9-16)17-10-14-6-5-12(3)13(4)8-14/h5-6,8,11,15,17H,7,9-10H2,1-4H3. The van der Waals surface area contributed by atoms with Gasteiger partial charge in [0, 0.05) is 18.5 Å².